The van der Waals surface area contributed by atoms with Crippen molar-refractivity contribution in [2.24, 2.45) is 0 Å². The Bertz CT molecular complexity index is 1010. The van der Waals surface area contributed by atoms with E-state index in [0.717, 1.165) is 5.56 Å². The molecule has 0 radical (unpaired) electrons. The van der Waals surface area contributed by atoms with E-state index in [-0.39, 0.29) is 12.5 Å². The molecule has 1 aliphatic rings. The molecule has 29 heavy (non-hydrogen) atoms. The van der Waals surface area contributed by atoms with E-state index < -0.39 is 5.97 Å². The molecule has 2 heterocycles. The van der Waals surface area contributed by atoms with Gasteiger partial charge in [-0.1, -0.05) is 18.2 Å². The third kappa shape index (κ3) is 4.37. The van der Waals surface area contributed by atoms with Crippen molar-refractivity contribution in [3.8, 4) is 28.7 Å². The van der Waals surface area contributed by atoms with Gasteiger partial charge >= 0.3 is 5.97 Å². The van der Waals surface area contributed by atoms with E-state index in [1.807, 2.05) is 30.3 Å². The Morgan fingerprint density at radius 1 is 1.14 bits per heavy atom. The number of hydrogen-bond acceptors (Lipinski definition) is 8. The Balaban J connectivity index is 1.38. The van der Waals surface area contributed by atoms with Crippen molar-refractivity contribution in [1.82, 2.24) is 10.2 Å². The molecule has 0 fully saturated rings. The maximum Gasteiger partial charge on any atom is 0.331 e. The second-order valence-electron chi connectivity index (χ2n) is 6.06. The molecule has 0 saturated carbocycles. The highest BCUT2D eigenvalue weighted by Gasteiger charge is 2.18. The van der Waals surface area contributed by atoms with Crippen molar-refractivity contribution in [3.05, 3.63) is 60.0 Å². The van der Waals surface area contributed by atoms with Crippen LogP contribution in [0.3, 0.4) is 0 Å². The lowest BCUT2D eigenvalue weighted by atomic mass is 10.1. The van der Waals surface area contributed by atoms with Gasteiger partial charge < -0.3 is 23.4 Å². The molecule has 4 rings (SSSR count). The van der Waals surface area contributed by atoms with E-state index in [9.17, 15) is 4.79 Å². The van der Waals surface area contributed by atoms with Crippen LogP contribution in [0.15, 0.2) is 53.0 Å². The first kappa shape index (κ1) is 18.5. The Morgan fingerprint density at radius 3 is 2.79 bits per heavy atom. The third-order valence-corrected chi connectivity index (χ3v) is 4.09. The number of nitrogens with zero attached hydrogens (tertiary/aromatic N) is 2. The molecule has 0 bridgehead atoms. The van der Waals surface area contributed by atoms with Gasteiger partial charge in [-0.2, -0.15) is 0 Å². The number of carbonyl (C=O) groups is 1. The van der Waals surface area contributed by atoms with Crippen LogP contribution in [0.25, 0.3) is 17.5 Å². The van der Waals surface area contributed by atoms with Crippen molar-refractivity contribution in [1.29, 1.82) is 0 Å². The Hall–Kier alpha value is -3.81. The SMILES string of the molecule is COc1cc(/C=C\C(=O)OCc2nnc(-c3ccccc3)o2)cc2c1OCCO2. The molecule has 0 spiro atoms. The summed E-state index contributed by atoms with van der Waals surface area (Å²) in [4.78, 5) is 12.0. The molecule has 0 aliphatic carbocycles. The van der Waals surface area contributed by atoms with Gasteiger partial charge in [0.25, 0.3) is 5.89 Å². The molecule has 8 nitrogen and oxygen atoms in total. The lowest BCUT2D eigenvalue weighted by molar-refractivity contribution is -0.139. The molecule has 8 heteroatoms. The van der Waals surface area contributed by atoms with Gasteiger partial charge in [-0.15, -0.1) is 10.2 Å². The summed E-state index contributed by atoms with van der Waals surface area (Å²) in [5.74, 6) is 1.71. The van der Waals surface area contributed by atoms with Gasteiger partial charge in [0, 0.05) is 11.6 Å². The minimum atomic E-state index is -0.543. The Kier molecular flexibility index (Phi) is 5.42. The van der Waals surface area contributed by atoms with Crippen molar-refractivity contribution in [2.75, 3.05) is 20.3 Å². The van der Waals surface area contributed by atoms with E-state index in [1.165, 1.54) is 6.08 Å². The number of rotatable bonds is 6. The van der Waals surface area contributed by atoms with Crippen LogP contribution in [0.5, 0.6) is 17.2 Å². The first-order valence-corrected chi connectivity index (χ1v) is 8.93. The van der Waals surface area contributed by atoms with Crippen LogP contribution >= 0.6 is 0 Å². The normalized spacial score (nSPS) is 12.7. The molecule has 0 saturated heterocycles. The summed E-state index contributed by atoms with van der Waals surface area (Å²) < 4.78 is 27.1. The molecule has 148 valence electrons. The van der Waals surface area contributed by atoms with Gasteiger partial charge in [-0.05, 0) is 35.9 Å². The number of ether oxygens (including phenoxy) is 4. The fourth-order valence-corrected chi connectivity index (χ4v) is 2.74. The Labute approximate surface area is 166 Å². The molecule has 0 atom stereocenters. The van der Waals surface area contributed by atoms with E-state index in [2.05, 4.69) is 10.2 Å². The molecule has 2 aromatic carbocycles. The number of hydrogen-bond donors (Lipinski definition) is 0. The van der Waals surface area contributed by atoms with Gasteiger partial charge in [0.1, 0.15) is 13.2 Å². The predicted molar refractivity (Wildman–Crippen MR) is 103 cm³/mol. The summed E-state index contributed by atoms with van der Waals surface area (Å²) in [6.45, 7) is 0.806. The number of fused-ring (bicyclic) bond motifs is 1. The zero-order valence-corrected chi connectivity index (χ0v) is 15.7. The summed E-state index contributed by atoms with van der Waals surface area (Å²) in [6, 6.07) is 12.9. The Morgan fingerprint density at radius 2 is 1.97 bits per heavy atom. The van der Waals surface area contributed by atoms with Crippen LogP contribution in [0.1, 0.15) is 11.5 Å². The van der Waals surface area contributed by atoms with Crippen molar-refractivity contribution >= 4 is 12.0 Å². The molecular formula is C21H18N2O6. The highest BCUT2D eigenvalue weighted by molar-refractivity contribution is 5.87. The minimum absolute atomic E-state index is 0.118. The quantitative estimate of drug-likeness (QED) is 0.465. The monoisotopic (exact) mass is 394 g/mol. The number of esters is 1. The second kappa shape index (κ2) is 8.47. The van der Waals surface area contributed by atoms with Crippen LogP contribution < -0.4 is 14.2 Å². The fraction of sp³-hybridized carbons (Fsp3) is 0.190. The van der Waals surface area contributed by atoms with Crippen LogP contribution in [0, 0.1) is 0 Å². The van der Waals surface area contributed by atoms with Crippen LogP contribution in [-0.4, -0.2) is 36.5 Å². The minimum Gasteiger partial charge on any atom is -0.493 e. The fourth-order valence-electron chi connectivity index (χ4n) is 2.74. The van der Waals surface area contributed by atoms with E-state index in [4.69, 9.17) is 23.4 Å². The third-order valence-electron chi connectivity index (χ3n) is 4.09. The predicted octanol–water partition coefficient (Wildman–Crippen LogP) is 3.27. The van der Waals surface area contributed by atoms with Gasteiger partial charge in [0.15, 0.2) is 18.1 Å². The lowest BCUT2D eigenvalue weighted by Crippen LogP contribution is -2.16. The second-order valence-corrected chi connectivity index (χ2v) is 6.06. The zero-order valence-electron chi connectivity index (χ0n) is 15.7. The summed E-state index contributed by atoms with van der Waals surface area (Å²) in [6.07, 6.45) is 2.91. The summed E-state index contributed by atoms with van der Waals surface area (Å²) in [5.41, 5.74) is 1.51. The molecule has 0 N–H and O–H groups in total. The van der Waals surface area contributed by atoms with E-state index in [1.54, 1.807) is 25.3 Å². The van der Waals surface area contributed by atoms with Gasteiger partial charge in [0.2, 0.25) is 11.6 Å². The smallest absolute Gasteiger partial charge is 0.331 e. The van der Waals surface area contributed by atoms with Crippen LogP contribution in [-0.2, 0) is 16.1 Å². The number of benzene rings is 2. The van der Waals surface area contributed by atoms with Crippen LogP contribution in [0.4, 0.5) is 0 Å². The zero-order chi connectivity index (χ0) is 20.1. The summed E-state index contributed by atoms with van der Waals surface area (Å²) in [7, 11) is 1.55. The molecular weight excluding hydrogens is 376 g/mol. The highest BCUT2D eigenvalue weighted by atomic mass is 16.6. The maximum atomic E-state index is 12.0. The van der Waals surface area contributed by atoms with Crippen molar-refractivity contribution in [3.63, 3.8) is 0 Å². The molecule has 0 unspecified atom stereocenters. The maximum absolute atomic E-state index is 12.0. The highest BCUT2D eigenvalue weighted by Crippen LogP contribution is 2.40. The number of methoxy groups -OCH3 is 1. The molecule has 3 aromatic rings. The summed E-state index contributed by atoms with van der Waals surface area (Å²) in [5, 5.41) is 7.84. The van der Waals surface area contributed by atoms with Crippen molar-refractivity contribution in [2.45, 2.75) is 6.61 Å². The number of aromatic nitrogens is 2. The van der Waals surface area contributed by atoms with Gasteiger partial charge in [0.05, 0.1) is 7.11 Å². The first-order valence-electron chi connectivity index (χ1n) is 8.93. The van der Waals surface area contributed by atoms with Crippen LogP contribution in [0.2, 0.25) is 0 Å². The lowest BCUT2D eigenvalue weighted by Gasteiger charge is -2.20. The van der Waals surface area contributed by atoms with E-state index >= 15 is 0 Å². The first-order chi connectivity index (χ1) is 14.2. The molecule has 1 aromatic heterocycles. The van der Waals surface area contributed by atoms with Gasteiger partial charge in [-0.25, -0.2) is 4.79 Å². The van der Waals surface area contributed by atoms with Gasteiger partial charge in [-0.3, -0.25) is 0 Å². The summed E-state index contributed by atoms with van der Waals surface area (Å²) >= 11 is 0. The molecule has 0 amide bonds. The largest absolute Gasteiger partial charge is 0.493 e. The topological polar surface area (TPSA) is 92.9 Å². The van der Waals surface area contributed by atoms with Crippen molar-refractivity contribution < 1.29 is 28.2 Å². The molecule has 1 aliphatic heterocycles. The number of carbonyl (C=O) groups excluding carboxylic acids is 1. The van der Waals surface area contributed by atoms with E-state index in [0.29, 0.717) is 41.9 Å². The standard InChI is InChI=1S/C21H18N2O6/c1-25-16-11-14(12-17-20(16)27-10-9-26-17)7-8-19(24)28-13-18-22-23-21(29-18)15-5-3-2-4-6-15/h2-8,11-12H,9-10,13H2,1H3/b8-7-. The average Bonchev–Trinajstić information content (AvgIpc) is 3.25. The average molecular weight is 394 g/mol.